The topological polar surface area (TPSA) is 40.9 Å². The van der Waals surface area contributed by atoms with E-state index in [9.17, 15) is 4.79 Å². The minimum Gasteiger partial charge on any atom is -0.368 e. The maximum Gasteiger partial charge on any atom is 0.274 e. The number of amides is 1. The standard InChI is InChI=1S/C21H24N4O/c1-15-4-6-17(3)19(12-15)23-8-10-24(11-9-23)21(26)18-14-25-13-16(2)5-7-20(25)22-18/h4-7,12-14H,8-11H2,1-3H3. The average Bonchev–Trinajstić information content (AvgIpc) is 3.06. The molecular formula is C21H24N4O. The number of nitrogens with zero attached hydrogens (tertiary/aromatic N) is 4. The number of anilines is 1. The zero-order valence-corrected chi connectivity index (χ0v) is 15.6. The third-order valence-corrected chi connectivity index (χ3v) is 5.09. The van der Waals surface area contributed by atoms with Gasteiger partial charge in [-0.2, -0.15) is 0 Å². The summed E-state index contributed by atoms with van der Waals surface area (Å²) in [5, 5.41) is 0. The van der Waals surface area contributed by atoms with Crippen LogP contribution in [0.25, 0.3) is 5.65 Å². The number of fused-ring (bicyclic) bond motifs is 1. The predicted molar refractivity (Wildman–Crippen MR) is 104 cm³/mol. The van der Waals surface area contributed by atoms with Gasteiger partial charge in [0.05, 0.1) is 0 Å². The van der Waals surface area contributed by atoms with Gasteiger partial charge in [0.25, 0.3) is 5.91 Å². The van der Waals surface area contributed by atoms with Crippen LogP contribution in [-0.4, -0.2) is 46.4 Å². The SMILES string of the molecule is Cc1ccc(C)c(N2CCN(C(=O)c3cn4cc(C)ccc4n3)CC2)c1. The van der Waals surface area contributed by atoms with Crippen molar-refractivity contribution in [1.82, 2.24) is 14.3 Å². The Bertz CT molecular complexity index is 967. The number of aromatic nitrogens is 2. The summed E-state index contributed by atoms with van der Waals surface area (Å²) in [6.07, 6.45) is 3.83. The summed E-state index contributed by atoms with van der Waals surface area (Å²) in [7, 11) is 0. The van der Waals surface area contributed by atoms with Crippen LogP contribution >= 0.6 is 0 Å². The molecule has 0 unspecified atom stereocenters. The lowest BCUT2D eigenvalue weighted by molar-refractivity contribution is 0.0741. The highest BCUT2D eigenvalue weighted by atomic mass is 16.2. The van der Waals surface area contributed by atoms with E-state index in [1.165, 1.54) is 16.8 Å². The van der Waals surface area contributed by atoms with Gasteiger partial charge in [-0.1, -0.05) is 18.2 Å². The van der Waals surface area contributed by atoms with Gasteiger partial charge in [0.1, 0.15) is 11.3 Å². The number of rotatable bonds is 2. The fraction of sp³-hybridized carbons (Fsp3) is 0.333. The highest BCUT2D eigenvalue weighted by Gasteiger charge is 2.24. The third kappa shape index (κ3) is 3.05. The predicted octanol–water partition coefficient (Wildman–Crippen LogP) is 3.22. The Morgan fingerprint density at radius 3 is 2.42 bits per heavy atom. The Morgan fingerprint density at radius 1 is 0.923 bits per heavy atom. The number of carbonyl (C=O) groups is 1. The first-order valence-corrected chi connectivity index (χ1v) is 9.08. The summed E-state index contributed by atoms with van der Waals surface area (Å²) in [5.74, 6) is 0.0203. The van der Waals surface area contributed by atoms with E-state index in [2.05, 4.69) is 41.9 Å². The van der Waals surface area contributed by atoms with Crippen LogP contribution in [0.5, 0.6) is 0 Å². The van der Waals surface area contributed by atoms with Crippen molar-refractivity contribution in [2.24, 2.45) is 0 Å². The molecule has 1 aliphatic rings. The van der Waals surface area contributed by atoms with Crippen LogP contribution in [0.4, 0.5) is 5.69 Å². The van der Waals surface area contributed by atoms with E-state index in [-0.39, 0.29) is 5.91 Å². The van der Waals surface area contributed by atoms with Gasteiger partial charge in [-0.3, -0.25) is 4.79 Å². The lowest BCUT2D eigenvalue weighted by Gasteiger charge is -2.36. The van der Waals surface area contributed by atoms with Crippen molar-refractivity contribution >= 4 is 17.2 Å². The van der Waals surface area contributed by atoms with Gasteiger partial charge in [0.2, 0.25) is 0 Å². The van der Waals surface area contributed by atoms with E-state index in [1.807, 2.05) is 40.8 Å². The first-order chi connectivity index (χ1) is 12.5. The zero-order chi connectivity index (χ0) is 18.3. The summed E-state index contributed by atoms with van der Waals surface area (Å²) < 4.78 is 1.93. The van der Waals surface area contributed by atoms with Crippen molar-refractivity contribution in [2.75, 3.05) is 31.1 Å². The van der Waals surface area contributed by atoms with Gasteiger partial charge in [-0.25, -0.2) is 4.98 Å². The van der Waals surface area contributed by atoms with Gasteiger partial charge >= 0.3 is 0 Å². The molecule has 1 aromatic carbocycles. The third-order valence-electron chi connectivity index (χ3n) is 5.09. The van der Waals surface area contributed by atoms with Gasteiger partial charge in [-0.15, -0.1) is 0 Å². The Labute approximate surface area is 153 Å². The Hall–Kier alpha value is -2.82. The minimum atomic E-state index is 0.0203. The average molecular weight is 348 g/mol. The summed E-state index contributed by atoms with van der Waals surface area (Å²) in [6, 6.07) is 10.5. The van der Waals surface area contributed by atoms with Crippen LogP contribution in [0.3, 0.4) is 0 Å². The second kappa shape index (κ2) is 6.48. The van der Waals surface area contributed by atoms with Crippen molar-refractivity contribution < 1.29 is 4.79 Å². The number of benzene rings is 1. The molecule has 134 valence electrons. The molecule has 4 rings (SSSR count). The Kier molecular flexibility index (Phi) is 4.15. The van der Waals surface area contributed by atoms with Gasteiger partial charge in [-0.05, 0) is 49.6 Å². The quantitative estimate of drug-likeness (QED) is 0.714. The van der Waals surface area contributed by atoms with Crippen LogP contribution < -0.4 is 4.90 Å². The molecule has 26 heavy (non-hydrogen) atoms. The lowest BCUT2D eigenvalue weighted by Crippen LogP contribution is -2.49. The molecule has 0 bridgehead atoms. The minimum absolute atomic E-state index is 0.0203. The maximum atomic E-state index is 12.9. The summed E-state index contributed by atoms with van der Waals surface area (Å²) in [4.78, 5) is 21.6. The number of hydrogen-bond donors (Lipinski definition) is 0. The van der Waals surface area contributed by atoms with E-state index in [0.29, 0.717) is 5.69 Å². The summed E-state index contributed by atoms with van der Waals surface area (Å²) in [6.45, 7) is 9.44. The molecule has 1 fully saturated rings. The van der Waals surface area contributed by atoms with Crippen molar-refractivity contribution in [1.29, 1.82) is 0 Å². The van der Waals surface area contributed by atoms with E-state index in [0.717, 1.165) is 37.4 Å². The van der Waals surface area contributed by atoms with Gasteiger partial charge < -0.3 is 14.2 Å². The molecule has 2 aromatic heterocycles. The molecule has 3 heterocycles. The molecule has 0 atom stereocenters. The number of carbonyl (C=O) groups excluding carboxylic acids is 1. The summed E-state index contributed by atoms with van der Waals surface area (Å²) >= 11 is 0. The van der Waals surface area contributed by atoms with Crippen LogP contribution in [0.2, 0.25) is 0 Å². The first-order valence-electron chi connectivity index (χ1n) is 9.08. The fourth-order valence-corrected chi connectivity index (χ4v) is 3.58. The largest absolute Gasteiger partial charge is 0.368 e. The second-order valence-electron chi connectivity index (χ2n) is 7.17. The lowest BCUT2D eigenvalue weighted by atomic mass is 10.1. The number of aryl methyl sites for hydroxylation is 3. The van der Waals surface area contributed by atoms with E-state index < -0.39 is 0 Å². The maximum absolute atomic E-state index is 12.9. The van der Waals surface area contributed by atoms with Crippen LogP contribution in [-0.2, 0) is 0 Å². The van der Waals surface area contributed by atoms with Crippen molar-refractivity contribution in [3.63, 3.8) is 0 Å². The monoisotopic (exact) mass is 348 g/mol. The molecule has 1 saturated heterocycles. The first kappa shape index (κ1) is 16.6. The molecule has 1 aliphatic heterocycles. The van der Waals surface area contributed by atoms with Crippen molar-refractivity contribution in [3.05, 3.63) is 65.1 Å². The molecule has 0 N–H and O–H groups in total. The van der Waals surface area contributed by atoms with E-state index >= 15 is 0 Å². The van der Waals surface area contributed by atoms with E-state index in [4.69, 9.17) is 0 Å². The normalized spacial score (nSPS) is 14.9. The number of hydrogen-bond acceptors (Lipinski definition) is 3. The van der Waals surface area contributed by atoms with Gasteiger partial charge in [0.15, 0.2) is 0 Å². The zero-order valence-electron chi connectivity index (χ0n) is 15.6. The molecule has 0 spiro atoms. The van der Waals surface area contributed by atoms with Gasteiger partial charge in [0, 0.05) is 44.3 Å². The number of imidazole rings is 1. The number of piperazine rings is 1. The molecule has 0 radical (unpaired) electrons. The van der Waals surface area contributed by atoms with E-state index in [1.54, 1.807) is 0 Å². The van der Waals surface area contributed by atoms with Crippen molar-refractivity contribution in [2.45, 2.75) is 20.8 Å². The second-order valence-corrected chi connectivity index (χ2v) is 7.17. The fourth-order valence-electron chi connectivity index (χ4n) is 3.58. The molecule has 0 aliphatic carbocycles. The summed E-state index contributed by atoms with van der Waals surface area (Å²) in [5.41, 5.74) is 6.32. The van der Waals surface area contributed by atoms with Crippen molar-refractivity contribution in [3.8, 4) is 0 Å². The van der Waals surface area contributed by atoms with Crippen LogP contribution in [0.1, 0.15) is 27.2 Å². The molecule has 3 aromatic rings. The molecular weight excluding hydrogens is 324 g/mol. The Balaban J connectivity index is 1.48. The van der Waals surface area contributed by atoms with Crippen LogP contribution in [0, 0.1) is 20.8 Å². The smallest absolute Gasteiger partial charge is 0.274 e. The molecule has 0 saturated carbocycles. The molecule has 5 nitrogen and oxygen atoms in total. The Morgan fingerprint density at radius 2 is 1.65 bits per heavy atom. The number of pyridine rings is 1. The molecule has 5 heteroatoms. The van der Waals surface area contributed by atoms with Crippen LogP contribution in [0.15, 0.2) is 42.7 Å². The highest BCUT2D eigenvalue weighted by Crippen LogP contribution is 2.23. The molecule has 1 amide bonds. The highest BCUT2D eigenvalue weighted by molar-refractivity contribution is 5.93.